The second-order valence-electron chi connectivity index (χ2n) is 15.2. The summed E-state index contributed by atoms with van der Waals surface area (Å²) >= 11 is 0. The highest BCUT2D eigenvalue weighted by Gasteiger charge is 2.28. The molecular formula is C54H82NO10P. The number of carbonyl (C=O) groups is 3. The first kappa shape index (κ1) is 61.4. The Kier molecular flexibility index (Phi) is 43.6. The number of phosphoric acid groups is 1. The van der Waals surface area contributed by atoms with Gasteiger partial charge in [-0.2, -0.15) is 0 Å². The number of carboxylic acids is 1. The van der Waals surface area contributed by atoms with Crippen LogP contribution in [0.15, 0.2) is 146 Å². The largest absolute Gasteiger partial charge is 0.480 e. The van der Waals surface area contributed by atoms with Gasteiger partial charge in [-0.3, -0.25) is 23.4 Å². The number of carbonyl (C=O) groups excluding carboxylic acids is 2. The molecular weight excluding hydrogens is 854 g/mol. The number of hydrogen-bond acceptors (Lipinski definition) is 9. The monoisotopic (exact) mass is 936 g/mol. The van der Waals surface area contributed by atoms with Gasteiger partial charge in [0, 0.05) is 0 Å². The van der Waals surface area contributed by atoms with E-state index in [4.69, 9.17) is 24.8 Å². The summed E-state index contributed by atoms with van der Waals surface area (Å²) in [4.78, 5) is 46.0. The Morgan fingerprint density at radius 1 is 0.470 bits per heavy atom. The van der Waals surface area contributed by atoms with E-state index in [0.29, 0.717) is 12.8 Å². The molecule has 0 spiro atoms. The molecule has 0 saturated heterocycles. The van der Waals surface area contributed by atoms with E-state index >= 15 is 0 Å². The van der Waals surface area contributed by atoms with E-state index in [1.165, 1.54) is 51.4 Å². The molecule has 4 N–H and O–H groups in total. The summed E-state index contributed by atoms with van der Waals surface area (Å²) in [5, 5.41) is 8.90. The van der Waals surface area contributed by atoms with Crippen molar-refractivity contribution in [2.75, 3.05) is 19.8 Å². The third-order valence-electron chi connectivity index (χ3n) is 9.13. The molecule has 0 aliphatic carbocycles. The van der Waals surface area contributed by atoms with Gasteiger partial charge in [0.2, 0.25) is 0 Å². The predicted octanol–water partition coefficient (Wildman–Crippen LogP) is 13.5. The molecule has 1 unspecified atom stereocenters. The lowest BCUT2D eigenvalue weighted by Gasteiger charge is -2.20. The number of ether oxygens (including phenoxy) is 2. The summed E-state index contributed by atoms with van der Waals surface area (Å²) in [6, 6.07) is -1.56. The molecule has 0 amide bonds. The van der Waals surface area contributed by atoms with E-state index in [0.717, 1.165) is 51.4 Å². The quantitative estimate of drug-likeness (QED) is 0.0230. The second kappa shape index (κ2) is 46.9. The van der Waals surface area contributed by atoms with Gasteiger partial charge in [-0.25, -0.2) is 4.57 Å². The average Bonchev–Trinajstić information content (AvgIpc) is 3.30. The highest BCUT2D eigenvalue weighted by molar-refractivity contribution is 7.47. The predicted molar refractivity (Wildman–Crippen MR) is 272 cm³/mol. The summed E-state index contributed by atoms with van der Waals surface area (Å²) in [6.07, 6.45) is 66.8. The van der Waals surface area contributed by atoms with Crippen LogP contribution in [0.4, 0.5) is 0 Å². The molecule has 0 saturated carbocycles. The summed E-state index contributed by atoms with van der Waals surface area (Å²) in [5.74, 6) is -2.72. The molecule has 3 atom stereocenters. The standard InChI is InChI=1S/C54H82NO10P/c1-3-5-7-9-11-13-15-17-19-21-23-25-27-29-31-33-35-37-39-41-43-45-52(56)62-47-50(48-63-66(60,61)64-49-51(55)54(58)59)65-53(57)46-44-42-40-38-36-34-32-30-28-26-24-22-20-18-16-14-12-10-8-6-4-2/h11-14,17-20,23-26,29-32,35-38,41-44,50-51H,3-10,15-16,21-22,27-28,33-34,39-40,45-49,55H2,1-2H3,(H,58,59)(H,60,61)/t50-,51+/m1/s1. The van der Waals surface area contributed by atoms with Crippen molar-refractivity contribution in [2.45, 2.75) is 154 Å². The smallest absolute Gasteiger partial charge is 0.472 e. The van der Waals surface area contributed by atoms with Crippen LogP contribution in [0, 0.1) is 0 Å². The maximum atomic E-state index is 12.6. The third kappa shape index (κ3) is 45.9. The Morgan fingerprint density at radius 2 is 0.788 bits per heavy atom. The molecule has 0 fully saturated rings. The molecule has 11 nitrogen and oxygen atoms in total. The number of phosphoric ester groups is 1. The topological polar surface area (TPSA) is 172 Å². The zero-order valence-corrected chi connectivity index (χ0v) is 40.9. The molecule has 0 aromatic rings. The molecule has 0 aliphatic rings. The zero-order chi connectivity index (χ0) is 48.4. The minimum atomic E-state index is -4.78. The molecule has 368 valence electrons. The molecule has 0 aromatic carbocycles. The Labute approximate surface area is 397 Å². The highest BCUT2D eigenvalue weighted by atomic mass is 31.2. The minimum Gasteiger partial charge on any atom is -0.480 e. The van der Waals surface area contributed by atoms with Crippen LogP contribution >= 0.6 is 7.82 Å². The first-order valence-electron chi connectivity index (χ1n) is 23.9. The van der Waals surface area contributed by atoms with Crippen molar-refractivity contribution in [3.05, 3.63) is 146 Å². The molecule has 0 aliphatic heterocycles. The number of nitrogens with two attached hydrogens (primary N) is 1. The number of unbranched alkanes of at least 4 members (excludes halogenated alkanes) is 6. The van der Waals surface area contributed by atoms with Gasteiger partial charge in [0.25, 0.3) is 0 Å². The Balaban J connectivity index is 4.63. The van der Waals surface area contributed by atoms with Crippen molar-refractivity contribution in [2.24, 2.45) is 5.73 Å². The first-order chi connectivity index (χ1) is 32.1. The van der Waals surface area contributed by atoms with Crippen molar-refractivity contribution in [3.8, 4) is 0 Å². The summed E-state index contributed by atoms with van der Waals surface area (Å²) in [6.45, 7) is 2.52. The lowest BCUT2D eigenvalue weighted by molar-refractivity contribution is -0.160. The lowest BCUT2D eigenvalue weighted by atomic mass is 10.2. The van der Waals surface area contributed by atoms with Crippen molar-refractivity contribution >= 4 is 25.7 Å². The first-order valence-corrected chi connectivity index (χ1v) is 25.4. The van der Waals surface area contributed by atoms with Gasteiger partial charge in [0.15, 0.2) is 6.10 Å². The van der Waals surface area contributed by atoms with E-state index in [2.05, 4.69) is 116 Å². The Morgan fingerprint density at radius 3 is 1.14 bits per heavy atom. The summed E-state index contributed by atoms with van der Waals surface area (Å²) in [7, 11) is -4.78. The van der Waals surface area contributed by atoms with Crippen molar-refractivity contribution < 1.29 is 47.5 Å². The van der Waals surface area contributed by atoms with Gasteiger partial charge in [0.05, 0.1) is 26.1 Å². The third-order valence-corrected chi connectivity index (χ3v) is 10.1. The van der Waals surface area contributed by atoms with Gasteiger partial charge in [-0.05, 0) is 89.9 Å². The van der Waals surface area contributed by atoms with E-state index in [-0.39, 0.29) is 12.8 Å². The molecule has 0 radical (unpaired) electrons. The summed E-state index contributed by atoms with van der Waals surface area (Å²) < 4.78 is 32.5. The van der Waals surface area contributed by atoms with Crippen LogP contribution in [-0.4, -0.2) is 59.9 Å². The fourth-order valence-corrected chi connectivity index (χ4v) is 6.16. The number of esters is 2. The van der Waals surface area contributed by atoms with Crippen LogP contribution < -0.4 is 5.73 Å². The number of carboxylic acid groups (broad SMARTS) is 1. The fraction of sp³-hybridized carbons (Fsp3) is 0.500. The molecule has 66 heavy (non-hydrogen) atoms. The summed E-state index contributed by atoms with van der Waals surface area (Å²) in [5.41, 5.74) is 5.33. The molecule has 0 aromatic heterocycles. The Hall–Kier alpha value is -4.64. The normalized spacial score (nSPS) is 14.8. The van der Waals surface area contributed by atoms with Crippen LogP contribution in [0.5, 0.6) is 0 Å². The van der Waals surface area contributed by atoms with Crippen LogP contribution in [0.3, 0.4) is 0 Å². The SMILES string of the molecule is CCCCCC=CCC=CCC=CCC=CCC=CCC=CCC(=O)OC[C@H](COP(=O)(O)OC[C@H](N)C(=O)O)OC(=O)CC=CCC=CCC=CCC=CCC=CCC=CCCCCC. The maximum absolute atomic E-state index is 12.6. The highest BCUT2D eigenvalue weighted by Crippen LogP contribution is 2.43. The van der Waals surface area contributed by atoms with Crippen LogP contribution in [-0.2, 0) is 37.5 Å². The van der Waals surface area contributed by atoms with Crippen molar-refractivity contribution in [3.63, 3.8) is 0 Å². The molecule has 12 heteroatoms. The molecule has 0 heterocycles. The average molecular weight is 936 g/mol. The van der Waals surface area contributed by atoms with Gasteiger partial charge >= 0.3 is 25.7 Å². The van der Waals surface area contributed by atoms with Crippen LogP contribution in [0.25, 0.3) is 0 Å². The van der Waals surface area contributed by atoms with E-state index in [1.807, 2.05) is 30.4 Å². The van der Waals surface area contributed by atoms with E-state index in [9.17, 15) is 23.8 Å². The van der Waals surface area contributed by atoms with Gasteiger partial charge in [-0.1, -0.05) is 185 Å². The van der Waals surface area contributed by atoms with E-state index in [1.54, 1.807) is 18.2 Å². The van der Waals surface area contributed by atoms with Gasteiger partial charge in [0.1, 0.15) is 12.6 Å². The van der Waals surface area contributed by atoms with Gasteiger partial charge in [-0.15, -0.1) is 0 Å². The Bertz CT molecular complexity index is 1660. The fourth-order valence-electron chi connectivity index (χ4n) is 5.38. The maximum Gasteiger partial charge on any atom is 0.472 e. The number of rotatable bonds is 42. The van der Waals surface area contributed by atoms with Gasteiger partial charge < -0.3 is 25.2 Å². The minimum absolute atomic E-state index is 0.0418. The van der Waals surface area contributed by atoms with Crippen molar-refractivity contribution in [1.82, 2.24) is 0 Å². The van der Waals surface area contributed by atoms with E-state index < -0.39 is 57.7 Å². The number of aliphatic carboxylic acids is 1. The van der Waals surface area contributed by atoms with Crippen LogP contribution in [0.2, 0.25) is 0 Å². The second-order valence-corrected chi connectivity index (χ2v) is 16.7. The molecule has 0 rings (SSSR count). The zero-order valence-electron chi connectivity index (χ0n) is 40.0. The number of allylic oxidation sites excluding steroid dienone is 22. The number of hydrogen-bond donors (Lipinski definition) is 3. The van der Waals surface area contributed by atoms with Crippen molar-refractivity contribution in [1.29, 1.82) is 0 Å². The van der Waals surface area contributed by atoms with Crippen LogP contribution in [0.1, 0.15) is 142 Å². The lowest BCUT2D eigenvalue weighted by Crippen LogP contribution is -2.34. The molecule has 0 bridgehead atoms.